The van der Waals surface area contributed by atoms with Gasteiger partial charge < -0.3 is 5.32 Å². The van der Waals surface area contributed by atoms with Crippen LogP contribution in [-0.2, 0) is 20.9 Å². The minimum atomic E-state index is -0.129. The maximum absolute atomic E-state index is 12.6. The lowest BCUT2D eigenvalue weighted by molar-refractivity contribution is -0.144. The number of benzene rings is 1. The maximum atomic E-state index is 12.6. The Bertz CT molecular complexity index is 689. The second kappa shape index (κ2) is 6.36. The molecule has 0 saturated heterocycles. The van der Waals surface area contributed by atoms with Gasteiger partial charge in [0.15, 0.2) is 0 Å². The van der Waals surface area contributed by atoms with E-state index in [4.69, 9.17) is 0 Å². The zero-order valence-corrected chi connectivity index (χ0v) is 13.2. The predicted molar refractivity (Wildman–Crippen MR) is 86.4 cm³/mol. The summed E-state index contributed by atoms with van der Waals surface area (Å²) in [4.78, 5) is 37.2. The fourth-order valence-electron chi connectivity index (χ4n) is 3.21. The number of hydrogen-bond acceptors (Lipinski definition) is 3. The zero-order valence-electron chi connectivity index (χ0n) is 13.2. The minimum Gasteiger partial charge on any atom is -0.326 e. The van der Waals surface area contributed by atoms with Crippen molar-refractivity contribution in [1.29, 1.82) is 0 Å². The molecule has 0 fully saturated rings. The van der Waals surface area contributed by atoms with Gasteiger partial charge in [0, 0.05) is 24.6 Å². The first-order chi connectivity index (χ1) is 11.0. The van der Waals surface area contributed by atoms with E-state index >= 15 is 0 Å². The summed E-state index contributed by atoms with van der Waals surface area (Å²) in [5.41, 5.74) is 3.48. The maximum Gasteiger partial charge on any atom is 0.256 e. The molecule has 2 aliphatic rings. The van der Waals surface area contributed by atoms with Crippen molar-refractivity contribution in [3.63, 3.8) is 0 Å². The topological polar surface area (TPSA) is 66.5 Å². The SMILES string of the molecule is CC(=O)Nc1ccc(CN2C(=O)CC3=C(CCCC3)C2=O)cc1. The Labute approximate surface area is 135 Å². The number of amides is 3. The van der Waals surface area contributed by atoms with Gasteiger partial charge in [0.1, 0.15) is 0 Å². The second-order valence-electron chi connectivity index (χ2n) is 6.13. The average Bonchev–Trinajstić information content (AvgIpc) is 2.52. The molecule has 3 amide bonds. The van der Waals surface area contributed by atoms with Crippen LogP contribution in [0, 0.1) is 0 Å². The molecule has 0 saturated carbocycles. The van der Waals surface area contributed by atoms with E-state index in [0.29, 0.717) is 12.1 Å². The van der Waals surface area contributed by atoms with Crippen molar-refractivity contribution in [2.24, 2.45) is 0 Å². The molecule has 0 unspecified atom stereocenters. The first-order valence-electron chi connectivity index (χ1n) is 7.96. The van der Waals surface area contributed by atoms with E-state index in [2.05, 4.69) is 5.32 Å². The fraction of sp³-hybridized carbons (Fsp3) is 0.389. The number of carbonyl (C=O) groups excluding carboxylic acids is 3. The largest absolute Gasteiger partial charge is 0.326 e. The highest BCUT2D eigenvalue weighted by Gasteiger charge is 2.33. The number of nitrogens with one attached hydrogen (secondary N) is 1. The Morgan fingerprint density at radius 1 is 1.13 bits per heavy atom. The lowest BCUT2D eigenvalue weighted by atomic mass is 9.86. The van der Waals surface area contributed by atoms with Gasteiger partial charge in [-0.2, -0.15) is 0 Å². The Hall–Kier alpha value is -2.43. The molecule has 23 heavy (non-hydrogen) atoms. The number of imide groups is 1. The van der Waals surface area contributed by atoms with Crippen LogP contribution in [0.1, 0.15) is 44.6 Å². The zero-order chi connectivity index (χ0) is 16.4. The van der Waals surface area contributed by atoms with Crippen molar-refractivity contribution in [2.75, 3.05) is 5.32 Å². The van der Waals surface area contributed by atoms with E-state index in [9.17, 15) is 14.4 Å². The molecular weight excluding hydrogens is 292 g/mol. The molecule has 5 heteroatoms. The molecule has 1 N–H and O–H groups in total. The molecular formula is C18H20N2O3. The van der Waals surface area contributed by atoms with Crippen molar-refractivity contribution in [3.8, 4) is 0 Å². The van der Waals surface area contributed by atoms with Gasteiger partial charge in [-0.15, -0.1) is 0 Å². The standard InChI is InChI=1S/C18H20N2O3/c1-12(21)19-15-8-6-13(7-9-15)11-20-17(22)10-14-4-2-3-5-16(14)18(20)23/h6-9H,2-5,10-11H2,1H3,(H,19,21). The first kappa shape index (κ1) is 15.5. The van der Waals surface area contributed by atoms with Gasteiger partial charge in [0.25, 0.3) is 5.91 Å². The number of rotatable bonds is 3. The van der Waals surface area contributed by atoms with Crippen LogP contribution in [0.15, 0.2) is 35.4 Å². The van der Waals surface area contributed by atoms with Crippen molar-refractivity contribution < 1.29 is 14.4 Å². The van der Waals surface area contributed by atoms with Gasteiger partial charge >= 0.3 is 0 Å². The molecule has 1 heterocycles. The van der Waals surface area contributed by atoms with Crippen LogP contribution in [0.25, 0.3) is 0 Å². The van der Waals surface area contributed by atoms with Crippen LogP contribution in [0.2, 0.25) is 0 Å². The van der Waals surface area contributed by atoms with Gasteiger partial charge in [0.05, 0.1) is 6.54 Å². The molecule has 0 radical (unpaired) electrons. The summed E-state index contributed by atoms with van der Waals surface area (Å²) in [6.07, 6.45) is 4.15. The van der Waals surface area contributed by atoms with E-state index in [1.165, 1.54) is 11.8 Å². The molecule has 1 aliphatic heterocycles. The smallest absolute Gasteiger partial charge is 0.256 e. The Morgan fingerprint density at radius 3 is 2.52 bits per heavy atom. The highest BCUT2D eigenvalue weighted by Crippen LogP contribution is 2.33. The summed E-state index contributed by atoms with van der Waals surface area (Å²) < 4.78 is 0. The number of nitrogens with zero attached hydrogens (tertiary/aromatic N) is 1. The van der Waals surface area contributed by atoms with Crippen molar-refractivity contribution >= 4 is 23.4 Å². The molecule has 120 valence electrons. The highest BCUT2D eigenvalue weighted by atomic mass is 16.2. The molecule has 3 rings (SSSR count). The third kappa shape index (κ3) is 3.33. The minimum absolute atomic E-state index is 0.110. The van der Waals surface area contributed by atoms with Gasteiger partial charge in [-0.1, -0.05) is 17.7 Å². The monoisotopic (exact) mass is 312 g/mol. The molecule has 5 nitrogen and oxygen atoms in total. The van der Waals surface area contributed by atoms with Crippen LogP contribution in [0.4, 0.5) is 5.69 Å². The lowest BCUT2D eigenvalue weighted by Crippen LogP contribution is -2.41. The Morgan fingerprint density at radius 2 is 1.83 bits per heavy atom. The van der Waals surface area contributed by atoms with Crippen molar-refractivity contribution in [3.05, 3.63) is 41.0 Å². The van der Waals surface area contributed by atoms with Crippen LogP contribution >= 0.6 is 0 Å². The molecule has 1 aromatic carbocycles. The summed E-state index contributed by atoms with van der Waals surface area (Å²) in [6.45, 7) is 1.74. The lowest BCUT2D eigenvalue weighted by Gasteiger charge is -2.31. The normalized spacial score (nSPS) is 18.0. The fourth-order valence-corrected chi connectivity index (χ4v) is 3.21. The second-order valence-corrected chi connectivity index (χ2v) is 6.13. The van der Waals surface area contributed by atoms with E-state index in [0.717, 1.165) is 42.4 Å². The molecule has 0 atom stereocenters. The summed E-state index contributed by atoms with van der Waals surface area (Å²) in [5, 5.41) is 2.70. The van der Waals surface area contributed by atoms with E-state index in [1.807, 2.05) is 12.1 Å². The van der Waals surface area contributed by atoms with Crippen LogP contribution in [0.5, 0.6) is 0 Å². The summed E-state index contributed by atoms with van der Waals surface area (Å²) in [7, 11) is 0. The van der Waals surface area contributed by atoms with Gasteiger partial charge in [-0.25, -0.2) is 0 Å². The van der Waals surface area contributed by atoms with Crippen molar-refractivity contribution in [2.45, 2.75) is 45.6 Å². The Balaban J connectivity index is 1.74. The Kier molecular flexibility index (Phi) is 4.28. The van der Waals surface area contributed by atoms with Crippen LogP contribution in [-0.4, -0.2) is 22.6 Å². The third-order valence-corrected chi connectivity index (χ3v) is 4.37. The van der Waals surface area contributed by atoms with E-state index < -0.39 is 0 Å². The average molecular weight is 312 g/mol. The van der Waals surface area contributed by atoms with Crippen LogP contribution in [0.3, 0.4) is 0 Å². The first-order valence-corrected chi connectivity index (χ1v) is 7.96. The summed E-state index contributed by atoms with van der Waals surface area (Å²) in [5.74, 6) is -0.362. The molecule has 1 aromatic rings. The molecule has 1 aliphatic carbocycles. The third-order valence-electron chi connectivity index (χ3n) is 4.37. The van der Waals surface area contributed by atoms with Gasteiger partial charge in [-0.05, 0) is 43.4 Å². The van der Waals surface area contributed by atoms with Crippen molar-refractivity contribution in [1.82, 2.24) is 4.90 Å². The number of hydrogen-bond donors (Lipinski definition) is 1. The quantitative estimate of drug-likeness (QED) is 0.873. The van der Waals surface area contributed by atoms with Crippen LogP contribution < -0.4 is 5.32 Å². The highest BCUT2D eigenvalue weighted by molar-refractivity contribution is 6.08. The predicted octanol–water partition coefficient (Wildman–Crippen LogP) is 2.77. The molecule has 0 aromatic heterocycles. The van der Waals surface area contributed by atoms with Gasteiger partial charge in [0.2, 0.25) is 11.8 Å². The molecule has 0 spiro atoms. The van der Waals surface area contributed by atoms with Gasteiger partial charge in [-0.3, -0.25) is 19.3 Å². The van der Waals surface area contributed by atoms with E-state index in [1.54, 1.807) is 12.1 Å². The summed E-state index contributed by atoms with van der Waals surface area (Å²) >= 11 is 0. The summed E-state index contributed by atoms with van der Waals surface area (Å²) in [6, 6.07) is 7.22. The van der Waals surface area contributed by atoms with E-state index in [-0.39, 0.29) is 24.3 Å². The number of carbonyl (C=O) groups is 3. The number of anilines is 1. The molecule has 0 bridgehead atoms.